The van der Waals surface area contributed by atoms with Crippen molar-refractivity contribution in [2.75, 3.05) is 26.4 Å². The van der Waals surface area contributed by atoms with E-state index in [1.54, 1.807) is 20.8 Å². The van der Waals surface area contributed by atoms with Crippen molar-refractivity contribution in [3.63, 3.8) is 0 Å². The molecule has 41 heteroatoms. The second kappa shape index (κ2) is 41.0. The van der Waals surface area contributed by atoms with E-state index in [1.807, 2.05) is 34.6 Å². The van der Waals surface area contributed by atoms with E-state index in [9.17, 15) is 121 Å². The number of allylic oxidation sites excluding steroid dienone is 2. The summed E-state index contributed by atoms with van der Waals surface area (Å²) in [5.41, 5.74) is -5.32. The van der Waals surface area contributed by atoms with Crippen molar-refractivity contribution in [3.05, 3.63) is 11.6 Å². The van der Waals surface area contributed by atoms with Crippen molar-refractivity contribution in [1.82, 2.24) is 0 Å². The lowest BCUT2D eigenvalue weighted by Crippen LogP contribution is -2.69. The van der Waals surface area contributed by atoms with Gasteiger partial charge in [0.05, 0.1) is 86.9 Å². The number of carbonyl (C=O) groups excluding carboxylic acids is 4. The first-order valence-electron chi connectivity index (χ1n) is 45.8. The third-order valence-corrected chi connectivity index (χ3v) is 31.7. The number of fused-ring (bicyclic) bond motifs is 7. The Bertz CT molecular complexity index is 3810. The first-order chi connectivity index (χ1) is 60.5. The summed E-state index contributed by atoms with van der Waals surface area (Å²) in [6.07, 6.45) is -57.3. The standard InChI is InChI=1S/C88H142O41/c1-14-36(4)47(119-54(96)27-41(92)26-48(37(5)15-2)129-88(113)35-116-46(16-3)73(88)109)25-40(91)28-55(97)122-68-39(7)118-79(71(65(68)107)126-77-64(106)60(102)67(38(6)117-77)123-75-61(103)56(98)44(93)32-114-75)128-81(112)87-24-23-82(8,9)29-43(87)42-17-18-51-83(10)21-20-53(84(11,34-90)50(83)19-22-85(51,12)86(42,13)30-52(87)95)121-80-72(127-78-63(105)59(101)58(100)49(31-89)120-78)69(66(108)70(125-80)74(110)111)124-76-62(104)57(99)45(94)33-115-76/h17,34,36-41,43-53,56-73,75-80,89,91-95,98-109,113H,14-16,18-33,35H2,1-13H3,(H,110,111)/t36-,37-,38?,39?,40-,41-,43?,44?,45+,46-,47-,48-,49?,50?,51?,52+,53-,56-,57-,58-,59-,60+,61-,62?,63?,64?,65?,66+,67-,68+,69-,70?,71+,72?,73?,75?,76-,77-,78-,79-,80+,83-,84-,85+,86+,87+,88?/m0/s1. The molecule has 12 aliphatic rings. The second-order valence-corrected chi connectivity index (χ2v) is 40.4. The topological polar surface area (TPSA) is 638 Å². The van der Waals surface area contributed by atoms with Crippen molar-refractivity contribution in [3.8, 4) is 0 Å². The predicted molar refractivity (Wildman–Crippen MR) is 435 cm³/mol. The zero-order valence-electron chi connectivity index (χ0n) is 75.5. The van der Waals surface area contributed by atoms with Crippen LogP contribution in [0.15, 0.2) is 11.6 Å². The maximum absolute atomic E-state index is 16.3. The zero-order valence-corrected chi connectivity index (χ0v) is 75.5. The molecule has 740 valence electrons. The number of aliphatic carboxylic acids is 1. The number of carboxylic acids is 1. The third-order valence-electron chi connectivity index (χ3n) is 31.7. The highest BCUT2D eigenvalue weighted by Crippen LogP contribution is 2.76. The van der Waals surface area contributed by atoms with Crippen LogP contribution in [0.3, 0.4) is 0 Å². The van der Waals surface area contributed by atoms with Gasteiger partial charge in [0.2, 0.25) is 12.1 Å². The smallest absolute Gasteiger partial charge is 0.335 e. The van der Waals surface area contributed by atoms with E-state index in [-0.39, 0.29) is 50.5 Å². The minimum absolute atomic E-state index is 0.0290. The maximum atomic E-state index is 16.3. The molecule has 0 aromatic heterocycles. The molecular formula is C88H142O41. The Hall–Kier alpha value is -3.99. The Morgan fingerprint density at radius 3 is 1.70 bits per heavy atom. The van der Waals surface area contributed by atoms with Gasteiger partial charge in [-0.15, -0.1) is 0 Å². The van der Waals surface area contributed by atoms with Crippen LogP contribution >= 0.6 is 0 Å². The van der Waals surface area contributed by atoms with E-state index in [2.05, 4.69) is 26.8 Å². The largest absolute Gasteiger partial charge is 0.479 e. The Kier molecular flexibility index (Phi) is 33.0. The molecule has 129 heavy (non-hydrogen) atoms. The molecule has 0 spiro atoms. The first-order valence-corrected chi connectivity index (χ1v) is 45.8. The van der Waals surface area contributed by atoms with Crippen LogP contribution in [0.2, 0.25) is 0 Å². The average molecular weight is 1860 g/mol. The van der Waals surface area contributed by atoms with Gasteiger partial charge in [0.25, 0.3) is 0 Å². The van der Waals surface area contributed by atoms with E-state index in [1.165, 1.54) is 13.8 Å². The van der Waals surface area contributed by atoms with E-state index in [4.69, 9.17) is 75.8 Å². The normalized spacial score (nSPS) is 48.4. The SMILES string of the molecule is CC[C@@H]1OCC(O)(O[C@@H](C[C@H](O)CC(=O)O[C@@H](C[C@H](O)CC(=O)O[C@@H]2C(C)O[C@@H](OC(=O)[C@]34CCC(C)(C)CC3C3=CCC5[C@@]6(C)CC[C@H](O[C@@H]7OC(C(=O)O)[C@H](O)[C@H](O[C@@H]8OC[C@@H](O)[C@H](O)C8O)C7O[C@@H]7OC(CO)[C@H](O)[C@H](O)C7O)[C@@](C)(C=O)C6CC[C@@]5(C)[C@]3(C)C[C@H]4O)[C@H](O[C@@H]3OC(C)[C@H](OC4OCC(O)[C@H](O)[C@@H]4O)[C@H](O)C3O)C2O)[C@@H](C)CC)[C@@H](C)CC)C1O. The molecule has 0 radical (unpaired) electrons. The summed E-state index contributed by atoms with van der Waals surface area (Å²) in [6.45, 7) is 21.6. The monoisotopic (exact) mass is 1850 g/mol. The summed E-state index contributed by atoms with van der Waals surface area (Å²) in [4.78, 5) is 71.7. The lowest BCUT2D eigenvalue weighted by atomic mass is 9.33. The van der Waals surface area contributed by atoms with Gasteiger partial charge in [0, 0.05) is 12.8 Å². The number of aldehydes is 1. The number of aliphatic hydroxyl groups is 19. The molecule has 20 N–H and O–H groups in total. The molecule has 0 amide bonds. The molecule has 7 heterocycles. The Balaban J connectivity index is 0.786. The minimum atomic E-state index is -2.25. The van der Waals surface area contributed by atoms with Gasteiger partial charge in [-0.05, 0) is 129 Å². The molecule has 4 saturated carbocycles. The molecule has 47 atom stereocenters. The fraction of sp³-hybridized carbons (Fsp3) is 0.920. The quantitative estimate of drug-likeness (QED) is 0.00812. The van der Waals surface area contributed by atoms with Gasteiger partial charge in [-0.2, -0.15) is 0 Å². The zero-order chi connectivity index (χ0) is 94.9. The van der Waals surface area contributed by atoms with Gasteiger partial charge in [-0.1, -0.05) is 101 Å². The molecule has 7 aliphatic heterocycles. The van der Waals surface area contributed by atoms with Crippen LogP contribution in [-0.2, 0) is 99.8 Å². The van der Waals surface area contributed by atoms with Crippen LogP contribution in [0, 0.1) is 62.1 Å². The number of aliphatic hydroxyl groups excluding tert-OH is 18. The van der Waals surface area contributed by atoms with Gasteiger partial charge >= 0.3 is 23.9 Å². The number of hydrogen-bond acceptors (Lipinski definition) is 40. The molecule has 0 aromatic carbocycles. The number of hydrogen-bond donors (Lipinski definition) is 20. The lowest BCUT2D eigenvalue weighted by molar-refractivity contribution is -0.391. The lowest BCUT2D eigenvalue weighted by Gasteiger charge is -2.71. The molecule has 12 rings (SSSR count). The van der Waals surface area contributed by atoms with Gasteiger partial charge in [0.15, 0.2) is 49.8 Å². The molecule has 7 saturated heterocycles. The molecule has 5 aliphatic carbocycles. The summed E-state index contributed by atoms with van der Waals surface area (Å²) in [5.74, 6) is -9.07. The van der Waals surface area contributed by atoms with E-state index in [0.29, 0.717) is 57.8 Å². The van der Waals surface area contributed by atoms with Crippen molar-refractivity contribution in [1.29, 1.82) is 0 Å². The highest BCUT2D eigenvalue weighted by Gasteiger charge is 2.74. The van der Waals surface area contributed by atoms with E-state index in [0.717, 1.165) is 11.9 Å². The molecular weight excluding hydrogens is 1710 g/mol. The Labute approximate surface area is 748 Å². The number of carboxylic acid groups (broad SMARTS) is 1. The summed E-state index contributed by atoms with van der Waals surface area (Å²) in [6, 6.07) is 0. The summed E-state index contributed by atoms with van der Waals surface area (Å²) in [7, 11) is 0. The summed E-state index contributed by atoms with van der Waals surface area (Å²) >= 11 is 0. The molecule has 11 fully saturated rings. The third kappa shape index (κ3) is 20.1. The second-order valence-electron chi connectivity index (χ2n) is 40.4. The summed E-state index contributed by atoms with van der Waals surface area (Å²) in [5, 5.41) is 224. The van der Waals surface area contributed by atoms with Crippen LogP contribution in [-0.4, -0.2) is 385 Å². The average Bonchev–Trinajstić information content (AvgIpc) is 0.680. The van der Waals surface area contributed by atoms with Crippen LogP contribution < -0.4 is 0 Å². The molecule has 0 bridgehead atoms. The Morgan fingerprint density at radius 2 is 1.10 bits per heavy atom. The minimum Gasteiger partial charge on any atom is -0.479 e. The first kappa shape index (κ1) is 104. The maximum Gasteiger partial charge on any atom is 0.335 e. The number of rotatable bonds is 32. The van der Waals surface area contributed by atoms with Gasteiger partial charge in [-0.25, -0.2) is 4.79 Å². The highest BCUT2D eigenvalue weighted by molar-refractivity contribution is 5.80. The fourth-order valence-corrected chi connectivity index (χ4v) is 23.1. The number of carbonyl (C=O) groups is 5. The summed E-state index contributed by atoms with van der Waals surface area (Å²) < 4.78 is 96.7. The van der Waals surface area contributed by atoms with Crippen LogP contribution in [0.4, 0.5) is 0 Å². The van der Waals surface area contributed by atoms with Gasteiger partial charge in [-0.3, -0.25) is 14.4 Å². The Morgan fingerprint density at radius 1 is 0.543 bits per heavy atom. The van der Waals surface area contributed by atoms with Crippen LogP contribution in [0.1, 0.15) is 193 Å². The number of esters is 3. The van der Waals surface area contributed by atoms with E-state index >= 15 is 4.79 Å². The van der Waals surface area contributed by atoms with Crippen molar-refractivity contribution < 1.29 is 202 Å². The van der Waals surface area contributed by atoms with E-state index < -0.39 is 333 Å². The van der Waals surface area contributed by atoms with Crippen molar-refractivity contribution in [2.45, 2.75) is 419 Å². The molecule has 41 nitrogen and oxygen atoms in total. The van der Waals surface area contributed by atoms with Crippen molar-refractivity contribution >= 4 is 30.2 Å². The molecule has 16 unspecified atom stereocenters. The van der Waals surface area contributed by atoms with Crippen molar-refractivity contribution in [2.24, 2.45) is 62.1 Å². The number of ether oxygens (including phenoxy) is 16. The fourth-order valence-electron chi connectivity index (χ4n) is 23.1. The van der Waals surface area contributed by atoms with Crippen LogP contribution in [0.25, 0.3) is 0 Å². The van der Waals surface area contributed by atoms with Gasteiger partial charge < -0.3 is 183 Å². The van der Waals surface area contributed by atoms with Gasteiger partial charge in [0.1, 0.15) is 134 Å². The molecule has 0 aromatic rings. The highest BCUT2D eigenvalue weighted by atomic mass is 16.8. The van der Waals surface area contributed by atoms with Crippen LogP contribution in [0.5, 0.6) is 0 Å². The predicted octanol–water partition coefficient (Wildman–Crippen LogP) is -2.73.